The average molecular weight is 343 g/mol. The molecule has 2 amide bonds. The second-order valence-electron chi connectivity index (χ2n) is 5.17. The number of methoxy groups -OCH3 is 1. The lowest BCUT2D eigenvalue weighted by Crippen LogP contribution is -2.27. The molecule has 1 aliphatic heterocycles. The third kappa shape index (κ3) is 3.49. The topological polar surface area (TPSA) is 46.6 Å². The Morgan fingerprint density at radius 1 is 1.17 bits per heavy atom. The highest BCUT2D eigenvalue weighted by Gasteiger charge is 2.34. The van der Waals surface area contributed by atoms with Crippen molar-refractivity contribution in [2.75, 3.05) is 7.11 Å². The van der Waals surface area contributed by atoms with E-state index in [4.69, 9.17) is 4.74 Å². The average Bonchev–Trinajstić information content (AvgIpc) is 2.84. The van der Waals surface area contributed by atoms with Gasteiger partial charge in [0.1, 0.15) is 11.6 Å². The Morgan fingerprint density at radius 3 is 2.62 bits per heavy atom. The number of carbonyl (C=O) groups excluding carboxylic acids is 2. The number of amides is 2. The zero-order chi connectivity index (χ0) is 17.1. The zero-order valence-electron chi connectivity index (χ0n) is 12.9. The van der Waals surface area contributed by atoms with E-state index in [0.29, 0.717) is 16.2 Å². The van der Waals surface area contributed by atoms with Crippen LogP contribution in [0.15, 0.2) is 53.4 Å². The fourth-order valence-corrected chi connectivity index (χ4v) is 3.13. The number of carbonyl (C=O) groups is 2. The van der Waals surface area contributed by atoms with Gasteiger partial charge >= 0.3 is 0 Å². The monoisotopic (exact) mass is 343 g/mol. The minimum atomic E-state index is -0.356. The van der Waals surface area contributed by atoms with Crippen molar-refractivity contribution in [2.24, 2.45) is 0 Å². The van der Waals surface area contributed by atoms with Gasteiger partial charge in [-0.15, -0.1) is 0 Å². The molecule has 4 nitrogen and oxygen atoms in total. The smallest absolute Gasteiger partial charge is 0.293 e. The van der Waals surface area contributed by atoms with Crippen LogP contribution >= 0.6 is 11.8 Å². The number of thioether (sulfide) groups is 1. The third-order valence-electron chi connectivity index (χ3n) is 3.52. The van der Waals surface area contributed by atoms with Crippen LogP contribution in [0.4, 0.5) is 9.18 Å². The Bertz CT molecular complexity index is 817. The van der Waals surface area contributed by atoms with Crippen LogP contribution in [0.2, 0.25) is 0 Å². The van der Waals surface area contributed by atoms with E-state index in [1.165, 1.54) is 12.1 Å². The van der Waals surface area contributed by atoms with E-state index in [1.54, 1.807) is 37.5 Å². The van der Waals surface area contributed by atoms with Gasteiger partial charge in [-0.3, -0.25) is 14.5 Å². The van der Waals surface area contributed by atoms with Gasteiger partial charge in [-0.1, -0.05) is 24.3 Å². The van der Waals surface area contributed by atoms with Gasteiger partial charge in [-0.05, 0) is 53.2 Å². The van der Waals surface area contributed by atoms with Crippen LogP contribution in [0.1, 0.15) is 11.1 Å². The summed E-state index contributed by atoms with van der Waals surface area (Å²) in [4.78, 5) is 26.1. The van der Waals surface area contributed by atoms with Gasteiger partial charge in [0.25, 0.3) is 11.1 Å². The normalized spacial score (nSPS) is 16.1. The molecule has 2 aromatic rings. The van der Waals surface area contributed by atoms with Gasteiger partial charge in [-0.2, -0.15) is 0 Å². The van der Waals surface area contributed by atoms with Gasteiger partial charge in [-0.25, -0.2) is 4.39 Å². The fourth-order valence-electron chi connectivity index (χ4n) is 2.29. The summed E-state index contributed by atoms with van der Waals surface area (Å²) in [5.74, 6) is -0.0303. The number of imide groups is 1. The summed E-state index contributed by atoms with van der Waals surface area (Å²) >= 11 is 0.896. The van der Waals surface area contributed by atoms with Crippen LogP contribution in [0.3, 0.4) is 0 Å². The van der Waals surface area contributed by atoms with E-state index in [1.807, 2.05) is 12.1 Å². The number of halogens is 1. The maximum absolute atomic E-state index is 12.9. The summed E-state index contributed by atoms with van der Waals surface area (Å²) in [5.41, 5.74) is 1.47. The molecule has 0 spiro atoms. The van der Waals surface area contributed by atoms with Crippen LogP contribution in [0.25, 0.3) is 6.08 Å². The number of hydrogen-bond donors (Lipinski definition) is 0. The third-order valence-corrected chi connectivity index (χ3v) is 4.43. The molecule has 1 heterocycles. The van der Waals surface area contributed by atoms with Crippen molar-refractivity contribution in [3.63, 3.8) is 0 Å². The number of rotatable bonds is 4. The molecule has 122 valence electrons. The predicted molar refractivity (Wildman–Crippen MR) is 90.9 cm³/mol. The molecule has 0 N–H and O–H groups in total. The number of benzene rings is 2. The molecule has 0 aromatic heterocycles. The maximum Gasteiger partial charge on any atom is 0.293 e. The largest absolute Gasteiger partial charge is 0.497 e. The highest BCUT2D eigenvalue weighted by molar-refractivity contribution is 8.18. The van der Waals surface area contributed by atoms with Crippen molar-refractivity contribution in [1.82, 2.24) is 4.90 Å². The Morgan fingerprint density at radius 2 is 1.92 bits per heavy atom. The first kappa shape index (κ1) is 16.3. The van der Waals surface area contributed by atoms with Crippen LogP contribution in [-0.2, 0) is 11.3 Å². The Labute approximate surface area is 142 Å². The molecule has 0 bridgehead atoms. The lowest BCUT2D eigenvalue weighted by atomic mass is 10.2. The molecule has 0 atom stereocenters. The first-order valence-corrected chi connectivity index (χ1v) is 8.02. The quantitative estimate of drug-likeness (QED) is 0.785. The summed E-state index contributed by atoms with van der Waals surface area (Å²) in [7, 11) is 1.57. The van der Waals surface area contributed by atoms with Crippen molar-refractivity contribution in [2.45, 2.75) is 6.54 Å². The molecule has 1 fully saturated rings. The molecule has 1 aliphatic rings. The first-order chi connectivity index (χ1) is 11.6. The Hall–Kier alpha value is -2.60. The molecule has 3 rings (SSSR count). The molecule has 0 aliphatic carbocycles. The summed E-state index contributed by atoms with van der Waals surface area (Å²) in [6.07, 6.45) is 1.66. The molecular weight excluding hydrogens is 329 g/mol. The van der Waals surface area contributed by atoms with Crippen molar-refractivity contribution >= 4 is 29.0 Å². The van der Waals surface area contributed by atoms with Gasteiger partial charge in [0, 0.05) is 0 Å². The Kier molecular flexibility index (Phi) is 4.66. The van der Waals surface area contributed by atoms with E-state index in [2.05, 4.69) is 0 Å². The summed E-state index contributed by atoms with van der Waals surface area (Å²) < 4.78 is 18.1. The second kappa shape index (κ2) is 6.88. The SMILES string of the molecule is COc1cccc(/C=C2/SC(=O)N(Cc3ccc(F)cc3)C2=O)c1. The molecule has 2 aromatic carbocycles. The lowest BCUT2D eigenvalue weighted by molar-refractivity contribution is -0.123. The van der Waals surface area contributed by atoms with Crippen LogP contribution in [0, 0.1) is 5.82 Å². The Balaban J connectivity index is 1.80. The van der Waals surface area contributed by atoms with E-state index in [-0.39, 0.29) is 23.5 Å². The summed E-state index contributed by atoms with van der Waals surface area (Å²) in [6, 6.07) is 13.0. The van der Waals surface area contributed by atoms with Crippen LogP contribution < -0.4 is 4.74 Å². The molecule has 1 saturated heterocycles. The van der Waals surface area contributed by atoms with Crippen LogP contribution in [0.5, 0.6) is 5.75 Å². The van der Waals surface area contributed by atoms with E-state index >= 15 is 0 Å². The van der Waals surface area contributed by atoms with Gasteiger partial charge in [0.2, 0.25) is 0 Å². The maximum atomic E-state index is 12.9. The number of nitrogens with zero attached hydrogens (tertiary/aromatic N) is 1. The highest BCUT2D eigenvalue weighted by atomic mass is 32.2. The van der Waals surface area contributed by atoms with E-state index in [0.717, 1.165) is 22.2 Å². The molecule has 0 radical (unpaired) electrons. The van der Waals surface area contributed by atoms with Gasteiger partial charge < -0.3 is 4.74 Å². The van der Waals surface area contributed by atoms with Crippen LogP contribution in [-0.4, -0.2) is 23.2 Å². The van der Waals surface area contributed by atoms with Crippen molar-refractivity contribution < 1.29 is 18.7 Å². The first-order valence-electron chi connectivity index (χ1n) is 7.20. The standard InChI is InChI=1S/C18H14FNO3S/c1-23-15-4-2-3-13(9-15)10-16-17(21)20(18(22)24-16)11-12-5-7-14(19)8-6-12/h2-10H,11H2,1H3/b16-10+. The van der Waals surface area contributed by atoms with Crippen molar-refractivity contribution in [3.8, 4) is 5.75 Å². The predicted octanol–water partition coefficient (Wildman–Crippen LogP) is 4.07. The van der Waals surface area contributed by atoms with Crippen molar-refractivity contribution in [3.05, 3.63) is 70.4 Å². The minimum Gasteiger partial charge on any atom is -0.497 e. The number of ether oxygens (including phenoxy) is 1. The molecular formula is C18H14FNO3S. The number of hydrogen-bond acceptors (Lipinski definition) is 4. The summed E-state index contributed by atoms with van der Waals surface area (Å²) in [5, 5.41) is -0.335. The minimum absolute atomic E-state index is 0.125. The molecule has 0 saturated carbocycles. The van der Waals surface area contributed by atoms with E-state index < -0.39 is 0 Å². The van der Waals surface area contributed by atoms with Gasteiger partial charge in [0.15, 0.2) is 0 Å². The lowest BCUT2D eigenvalue weighted by Gasteiger charge is -2.12. The van der Waals surface area contributed by atoms with Gasteiger partial charge in [0.05, 0.1) is 18.6 Å². The highest BCUT2D eigenvalue weighted by Crippen LogP contribution is 2.33. The second-order valence-corrected chi connectivity index (χ2v) is 6.16. The summed E-state index contributed by atoms with van der Waals surface area (Å²) in [6.45, 7) is 0.125. The van der Waals surface area contributed by atoms with Crippen molar-refractivity contribution in [1.29, 1.82) is 0 Å². The fraction of sp³-hybridized carbons (Fsp3) is 0.111. The molecule has 6 heteroatoms. The molecule has 0 unspecified atom stereocenters. The zero-order valence-corrected chi connectivity index (χ0v) is 13.7. The van der Waals surface area contributed by atoms with E-state index in [9.17, 15) is 14.0 Å². The molecule has 24 heavy (non-hydrogen) atoms.